The number of carbonyl (C=O) groups is 2. The molecule has 12 heteroatoms. The van der Waals surface area contributed by atoms with Crippen LogP contribution in [0.25, 0.3) is 0 Å². The summed E-state index contributed by atoms with van der Waals surface area (Å²) in [5.41, 5.74) is -0.285. The Bertz CT molecular complexity index is 1170. The maximum absolute atomic E-state index is 14.4. The molecule has 0 saturated heterocycles. The Balaban J connectivity index is 2.40. The van der Waals surface area contributed by atoms with Crippen LogP contribution in [0.1, 0.15) is 32.3 Å². The highest BCUT2D eigenvalue weighted by atomic mass is 32.2. The Kier molecular flexibility index (Phi) is 9.69. The molecule has 0 aliphatic rings. The molecule has 0 fully saturated rings. The summed E-state index contributed by atoms with van der Waals surface area (Å²) in [6.07, 6.45) is 2.44. The molecule has 0 heterocycles. The van der Waals surface area contributed by atoms with Crippen molar-refractivity contribution in [1.82, 2.24) is 10.2 Å². The van der Waals surface area contributed by atoms with E-state index >= 15 is 0 Å². The van der Waals surface area contributed by atoms with Crippen molar-refractivity contribution < 1.29 is 27.3 Å². The first-order valence-electron chi connectivity index (χ1n) is 11.0. The van der Waals surface area contributed by atoms with Gasteiger partial charge in [0.05, 0.1) is 16.9 Å². The number of nitrogens with zero attached hydrogens (tertiary/aromatic N) is 3. The zero-order valence-corrected chi connectivity index (χ0v) is 20.6. The van der Waals surface area contributed by atoms with Crippen molar-refractivity contribution in [1.29, 1.82) is 0 Å². The minimum Gasteiger partial charge on any atom is -0.354 e. The largest absolute Gasteiger partial charge is 0.354 e. The van der Waals surface area contributed by atoms with Crippen LogP contribution < -0.4 is 9.62 Å². The summed E-state index contributed by atoms with van der Waals surface area (Å²) < 4.78 is 40.1. The lowest BCUT2D eigenvalue weighted by Gasteiger charge is -2.31. The van der Waals surface area contributed by atoms with E-state index < -0.39 is 45.2 Å². The molecule has 2 aromatic carbocycles. The molecule has 0 aliphatic heterocycles. The Hall–Kier alpha value is -3.54. The lowest BCUT2D eigenvalue weighted by Crippen LogP contribution is -2.51. The van der Waals surface area contributed by atoms with E-state index in [2.05, 4.69) is 5.32 Å². The molecule has 0 saturated carbocycles. The number of carbonyl (C=O) groups excluding carboxylic acids is 2. The van der Waals surface area contributed by atoms with Crippen LogP contribution in [0.2, 0.25) is 0 Å². The molecule has 10 nitrogen and oxygen atoms in total. The molecule has 1 unspecified atom stereocenters. The van der Waals surface area contributed by atoms with E-state index in [1.807, 2.05) is 6.92 Å². The van der Waals surface area contributed by atoms with E-state index in [1.165, 1.54) is 43.3 Å². The first kappa shape index (κ1) is 27.7. The summed E-state index contributed by atoms with van der Waals surface area (Å²) in [5, 5.41) is 13.9. The van der Waals surface area contributed by atoms with E-state index in [-0.39, 0.29) is 23.5 Å². The molecule has 35 heavy (non-hydrogen) atoms. The normalized spacial score (nSPS) is 12.0. The van der Waals surface area contributed by atoms with Crippen molar-refractivity contribution in [2.24, 2.45) is 0 Å². The zero-order chi connectivity index (χ0) is 26.2. The molecule has 2 rings (SSSR count). The van der Waals surface area contributed by atoms with Gasteiger partial charge in [-0.05, 0) is 25.5 Å². The van der Waals surface area contributed by atoms with Crippen molar-refractivity contribution in [3.05, 3.63) is 70.0 Å². The Labute approximate surface area is 203 Å². The molecule has 1 N–H and O–H groups in total. The van der Waals surface area contributed by atoms with Gasteiger partial charge in [-0.2, -0.15) is 0 Å². The lowest BCUT2D eigenvalue weighted by molar-refractivity contribution is -0.384. The predicted molar refractivity (Wildman–Crippen MR) is 130 cm³/mol. The topological polar surface area (TPSA) is 130 Å². The lowest BCUT2D eigenvalue weighted by atomic mass is 10.1. The van der Waals surface area contributed by atoms with Gasteiger partial charge in [0.1, 0.15) is 18.4 Å². The van der Waals surface area contributed by atoms with Crippen molar-refractivity contribution >= 4 is 33.2 Å². The molecule has 190 valence electrons. The SMILES string of the molecule is CCCCNC(=O)C(C)N(Cc1ccccc1F)C(=O)CN(c1cccc([N+](=O)[O-])c1)S(C)(=O)=O. The van der Waals surface area contributed by atoms with Crippen LogP contribution in [0.5, 0.6) is 0 Å². The predicted octanol–water partition coefficient (Wildman–Crippen LogP) is 2.83. The number of sulfonamides is 1. The molecule has 0 bridgehead atoms. The number of anilines is 1. The first-order chi connectivity index (χ1) is 16.5. The van der Waals surface area contributed by atoms with Gasteiger partial charge in [0.25, 0.3) is 5.69 Å². The fourth-order valence-corrected chi connectivity index (χ4v) is 4.15. The quantitative estimate of drug-likeness (QED) is 0.267. The molecule has 0 radical (unpaired) electrons. The van der Waals surface area contributed by atoms with Crippen LogP contribution >= 0.6 is 0 Å². The first-order valence-corrected chi connectivity index (χ1v) is 12.8. The second-order valence-electron chi connectivity index (χ2n) is 7.98. The second kappa shape index (κ2) is 12.2. The number of halogens is 1. The highest BCUT2D eigenvalue weighted by molar-refractivity contribution is 7.92. The highest BCUT2D eigenvalue weighted by Gasteiger charge is 2.31. The number of amides is 2. The summed E-state index contributed by atoms with van der Waals surface area (Å²) in [7, 11) is -4.04. The Morgan fingerprint density at radius 2 is 1.86 bits per heavy atom. The van der Waals surface area contributed by atoms with E-state index in [9.17, 15) is 32.5 Å². The van der Waals surface area contributed by atoms with E-state index in [1.54, 1.807) is 6.07 Å². The fraction of sp³-hybridized carbons (Fsp3) is 0.391. The minimum absolute atomic E-state index is 0.0825. The average molecular weight is 509 g/mol. The van der Waals surface area contributed by atoms with E-state index in [4.69, 9.17) is 0 Å². The molecule has 0 spiro atoms. The molecule has 2 aromatic rings. The van der Waals surface area contributed by atoms with Gasteiger partial charge < -0.3 is 10.2 Å². The van der Waals surface area contributed by atoms with E-state index in [0.29, 0.717) is 6.54 Å². The summed E-state index contributed by atoms with van der Waals surface area (Å²) >= 11 is 0. The van der Waals surface area contributed by atoms with Crippen molar-refractivity contribution in [3.63, 3.8) is 0 Å². The Morgan fingerprint density at radius 3 is 2.46 bits per heavy atom. The fourth-order valence-electron chi connectivity index (χ4n) is 3.30. The molecule has 0 aromatic heterocycles. The number of rotatable bonds is 12. The maximum Gasteiger partial charge on any atom is 0.271 e. The van der Waals surface area contributed by atoms with Crippen LogP contribution in [0.4, 0.5) is 15.8 Å². The van der Waals surface area contributed by atoms with Crippen LogP contribution in [0, 0.1) is 15.9 Å². The molecule has 2 amide bonds. The van der Waals surface area contributed by atoms with Gasteiger partial charge in [0.15, 0.2) is 0 Å². The van der Waals surface area contributed by atoms with Gasteiger partial charge in [-0.3, -0.25) is 24.0 Å². The molecular formula is C23H29FN4O6S. The number of nitro groups is 1. The summed E-state index contributed by atoms with van der Waals surface area (Å²) in [5.74, 6) is -1.82. The summed E-state index contributed by atoms with van der Waals surface area (Å²) in [6, 6.07) is 9.57. The maximum atomic E-state index is 14.4. The number of non-ortho nitro benzene ring substituents is 1. The van der Waals surface area contributed by atoms with Crippen molar-refractivity contribution in [2.75, 3.05) is 23.7 Å². The standard InChI is InChI=1S/C23H29FN4O6S/c1-4-5-13-25-23(30)17(2)26(15-18-9-6-7-12-21(18)24)22(29)16-27(35(3,33)34)19-10-8-11-20(14-19)28(31)32/h6-12,14,17H,4-5,13,15-16H2,1-3H3,(H,25,30). The van der Waals surface area contributed by atoms with Crippen LogP contribution in [-0.4, -0.2) is 55.4 Å². The highest BCUT2D eigenvalue weighted by Crippen LogP contribution is 2.24. The van der Waals surface area contributed by atoms with Gasteiger partial charge in [-0.25, -0.2) is 12.8 Å². The third-order valence-corrected chi connectivity index (χ3v) is 6.44. The number of nitrogens with one attached hydrogen (secondary N) is 1. The van der Waals surface area contributed by atoms with Gasteiger partial charge in [0.2, 0.25) is 21.8 Å². The van der Waals surface area contributed by atoms with Crippen molar-refractivity contribution in [3.8, 4) is 0 Å². The number of nitro benzene ring substituents is 1. The zero-order valence-electron chi connectivity index (χ0n) is 19.8. The molecule has 0 aliphatic carbocycles. The molecule has 1 atom stereocenters. The summed E-state index contributed by atoms with van der Waals surface area (Å²) in [6.45, 7) is 2.81. The average Bonchev–Trinajstić information content (AvgIpc) is 2.80. The second-order valence-corrected chi connectivity index (χ2v) is 9.89. The number of hydrogen-bond donors (Lipinski definition) is 1. The van der Waals surface area contributed by atoms with Crippen LogP contribution in [0.15, 0.2) is 48.5 Å². The van der Waals surface area contributed by atoms with Crippen LogP contribution in [0.3, 0.4) is 0 Å². The number of hydrogen-bond acceptors (Lipinski definition) is 6. The van der Waals surface area contributed by atoms with E-state index in [0.717, 1.165) is 34.4 Å². The number of benzene rings is 2. The molecular weight excluding hydrogens is 479 g/mol. The third-order valence-electron chi connectivity index (χ3n) is 5.30. The number of unbranched alkanes of at least 4 members (excludes halogenated alkanes) is 1. The van der Waals surface area contributed by atoms with Gasteiger partial charge in [-0.1, -0.05) is 37.6 Å². The van der Waals surface area contributed by atoms with Crippen LogP contribution in [-0.2, 0) is 26.2 Å². The third kappa shape index (κ3) is 7.74. The van der Waals surface area contributed by atoms with Gasteiger partial charge in [0, 0.05) is 30.8 Å². The smallest absolute Gasteiger partial charge is 0.271 e. The van der Waals surface area contributed by atoms with Gasteiger partial charge in [-0.15, -0.1) is 0 Å². The Morgan fingerprint density at radius 1 is 1.17 bits per heavy atom. The monoisotopic (exact) mass is 508 g/mol. The van der Waals surface area contributed by atoms with Crippen molar-refractivity contribution in [2.45, 2.75) is 39.3 Å². The summed E-state index contributed by atoms with van der Waals surface area (Å²) in [4.78, 5) is 37.6. The minimum atomic E-state index is -4.04. The van der Waals surface area contributed by atoms with Gasteiger partial charge >= 0.3 is 0 Å².